The van der Waals surface area contributed by atoms with Gasteiger partial charge in [-0.05, 0) is 147 Å². The molecule has 12 rings (SSSR count). The van der Waals surface area contributed by atoms with Crippen molar-refractivity contribution in [3.05, 3.63) is 207 Å². The van der Waals surface area contributed by atoms with Crippen molar-refractivity contribution in [1.82, 2.24) is 0 Å². The Balaban J connectivity index is 1.26. The van der Waals surface area contributed by atoms with Crippen LogP contribution < -0.4 is 9.64 Å². The first-order chi connectivity index (χ1) is 28.0. The van der Waals surface area contributed by atoms with Crippen LogP contribution in [0.15, 0.2) is 146 Å². The van der Waals surface area contributed by atoms with E-state index in [1.165, 1.54) is 111 Å². The molecule has 0 saturated carbocycles. The minimum atomic E-state index is -0.669. The third-order valence-electron chi connectivity index (χ3n) is 14.3. The maximum Gasteiger partial charge on any atom is 0.132 e. The summed E-state index contributed by atoms with van der Waals surface area (Å²) in [6.07, 6.45) is 0. The Morgan fingerprint density at radius 3 is 1.48 bits per heavy atom. The average molecular weight is 748 g/mol. The molecule has 0 N–H and O–H groups in total. The Labute approximate surface area is 341 Å². The number of para-hydroxylation sites is 2. The number of aryl methyl sites for hydroxylation is 3. The van der Waals surface area contributed by atoms with Crippen LogP contribution in [0.5, 0.6) is 11.5 Å². The summed E-state index contributed by atoms with van der Waals surface area (Å²) in [6, 6.07) is 55.3. The van der Waals surface area contributed by atoms with Crippen LogP contribution >= 0.6 is 0 Å². The number of fused-ring (bicyclic) bond motifs is 15. The molecule has 0 amide bonds. The highest BCUT2D eigenvalue weighted by molar-refractivity contribution is 6.01. The first kappa shape index (κ1) is 33.7. The van der Waals surface area contributed by atoms with E-state index in [4.69, 9.17) is 4.74 Å². The van der Waals surface area contributed by atoms with Crippen LogP contribution in [-0.4, -0.2) is 0 Å². The van der Waals surface area contributed by atoms with E-state index >= 15 is 0 Å². The number of benzene rings is 8. The lowest BCUT2D eigenvalue weighted by Crippen LogP contribution is -2.40. The molecule has 0 radical (unpaired) electrons. The van der Waals surface area contributed by atoms with E-state index in [1.807, 2.05) is 0 Å². The second-order valence-corrected chi connectivity index (χ2v) is 18.3. The van der Waals surface area contributed by atoms with E-state index in [9.17, 15) is 0 Å². The van der Waals surface area contributed by atoms with Crippen LogP contribution in [0.4, 0.5) is 17.1 Å². The highest BCUT2D eigenvalue weighted by Crippen LogP contribution is 2.66. The van der Waals surface area contributed by atoms with Gasteiger partial charge in [-0.15, -0.1) is 0 Å². The van der Waals surface area contributed by atoms with Gasteiger partial charge in [-0.25, -0.2) is 0 Å². The highest BCUT2D eigenvalue weighted by atomic mass is 16.5. The summed E-state index contributed by atoms with van der Waals surface area (Å²) in [6.45, 7) is 16.5. The Morgan fingerprint density at radius 1 is 0.397 bits per heavy atom. The maximum absolute atomic E-state index is 6.86. The number of ether oxygens (including phenoxy) is 1. The second-order valence-electron chi connectivity index (χ2n) is 18.3. The molecule has 280 valence electrons. The zero-order valence-electron chi connectivity index (χ0n) is 34.2. The molecule has 2 aliphatic carbocycles. The fraction of sp³-hybridized carbons (Fsp3) is 0.179. The molecule has 2 aliphatic heterocycles. The molecular formula is C56H45NO. The van der Waals surface area contributed by atoms with Gasteiger partial charge in [-0.1, -0.05) is 130 Å². The van der Waals surface area contributed by atoms with Crippen molar-refractivity contribution in [3.8, 4) is 33.8 Å². The monoisotopic (exact) mass is 747 g/mol. The fourth-order valence-corrected chi connectivity index (χ4v) is 11.8. The van der Waals surface area contributed by atoms with E-state index in [1.54, 1.807) is 0 Å². The molecule has 58 heavy (non-hydrogen) atoms. The van der Waals surface area contributed by atoms with Crippen LogP contribution in [0.2, 0.25) is 0 Å². The van der Waals surface area contributed by atoms with E-state index < -0.39 is 5.41 Å². The number of hydrogen-bond acceptors (Lipinski definition) is 2. The summed E-state index contributed by atoms with van der Waals surface area (Å²) >= 11 is 0. The SMILES string of the molecule is Cc1cc(C)c(N2c3cc4c(cc3C3(c5ccccc5Oc5ccccc53)c3cc5ccccc5cc32)-c2cc3c(cc2C4(C)C)-c2ccccc2C3(C)C)c(C)c1. The normalized spacial score (nSPS) is 16.4. The van der Waals surface area contributed by atoms with Crippen LogP contribution in [0.1, 0.15) is 88.9 Å². The predicted molar refractivity (Wildman–Crippen MR) is 240 cm³/mol. The first-order valence-corrected chi connectivity index (χ1v) is 20.8. The molecule has 1 spiro atoms. The summed E-state index contributed by atoms with van der Waals surface area (Å²) in [5.74, 6) is 1.81. The summed E-state index contributed by atoms with van der Waals surface area (Å²) in [7, 11) is 0. The van der Waals surface area contributed by atoms with Crippen LogP contribution in [0.3, 0.4) is 0 Å². The number of anilines is 3. The lowest BCUT2D eigenvalue weighted by molar-refractivity contribution is 0.434. The lowest BCUT2D eigenvalue weighted by atomic mass is 9.60. The molecule has 2 heteroatoms. The van der Waals surface area contributed by atoms with Gasteiger partial charge in [-0.2, -0.15) is 0 Å². The van der Waals surface area contributed by atoms with Crippen molar-refractivity contribution in [2.24, 2.45) is 0 Å². The first-order valence-electron chi connectivity index (χ1n) is 20.8. The van der Waals surface area contributed by atoms with Gasteiger partial charge in [0.05, 0.1) is 22.5 Å². The third kappa shape index (κ3) is 4.08. The van der Waals surface area contributed by atoms with Crippen LogP contribution in [0.25, 0.3) is 33.0 Å². The van der Waals surface area contributed by atoms with Crippen molar-refractivity contribution in [2.75, 3.05) is 4.90 Å². The number of nitrogens with zero attached hydrogens (tertiary/aromatic N) is 1. The Bertz CT molecular complexity index is 3070. The van der Waals surface area contributed by atoms with Gasteiger partial charge >= 0.3 is 0 Å². The Hall–Kier alpha value is -6.38. The minimum Gasteiger partial charge on any atom is -0.457 e. The van der Waals surface area contributed by atoms with Crippen molar-refractivity contribution in [2.45, 2.75) is 64.7 Å². The molecule has 4 aliphatic rings. The summed E-state index contributed by atoms with van der Waals surface area (Å²) in [5.41, 5.74) is 22.4. The van der Waals surface area contributed by atoms with Gasteiger partial charge in [0.25, 0.3) is 0 Å². The molecule has 0 atom stereocenters. The maximum atomic E-state index is 6.86. The molecule has 8 aromatic carbocycles. The quantitative estimate of drug-likeness (QED) is 0.166. The smallest absolute Gasteiger partial charge is 0.132 e. The second kappa shape index (κ2) is 11.2. The predicted octanol–water partition coefficient (Wildman–Crippen LogP) is 14.6. The minimum absolute atomic E-state index is 0.0981. The van der Waals surface area contributed by atoms with Gasteiger partial charge in [0.1, 0.15) is 11.5 Å². The molecule has 2 heterocycles. The van der Waals surface area contributed by atoms with E-state index in [0.29, 0.717) is 0 Å². The standard InChI is InChI=1S/C56H45NO/c1-32-24-33(2)53(34(3)25-32)57-49-27-36-17-9-8-16-35(36)26-47(49)56(42-20-12-14-22-51(42)58-52-23-15-13-21-43(52)56)48-30-40-39-29-44-38(37-18-10-11-19-41(37)54(44,4)5)28-45(39)55(6,7)46(40)31-50(48)57/h8-31H,1-7H3. The van der Waals surface area contributed by atoms with E-state index in [-0.39, 0.29) is 10.8 Å². The Morgan fingerprint density at radius 2 is 0.845 bits per heavy atom. The Kier molecular flexibility index (Phi) is 6.50. The molecule has 0 aromatic heterocycles. The molecule has 0 saturated heterocycles. The van der Waals surface area contributed by atoms with Gasteiger partial charge in [0.2, 0.25) is 0 Å². The van der Waals surface area contributed by atoms with E-state index in [2.05, 4.69) is 199 Å². The van der Waals surface area contributed by atoms with Crippen molar-refractivity contribution in [1.29, 1.82) is 0 Å². The molecule has 0 fully saturated rings. The number of rotatable bonds is 1. The summed E-state index contributed by atoms with van der Waals surface area (Å²) in [4.78, 5) is 2.62. The topological polar surface area (TPSA) is 12.5 Å². The summed E-state index contributed by atoms with van der Waals surface area (Å²) < 4.78 is 6.86. The molecule has 8 aromatic rings. The zero-order valence-corrected chi connectivity index (χ0v) is 34.2. The zero-order chi connectivity index (χ0) is 39.5. The van der Waals surface area contributed by atoms with Gasteiger partial charge < -0.3 is 9.64 Å². The van der Waals surface area contributed by atoms with Gasteiger partial charge in [-0.3, -0.25) is 0 Å². The van der Waals surface area contributed by atoms with E-state index in [0.717, 1.165) is 11.5 Å². The fourth-order valence-electron chi connectivity index (χ4n) is 11.8. The van der Waals surface area contributed by atoms with Gasteiger partial charge in [0, 0.05) is 22.0 Å². The molecule has 0 bridgehead atoms. The van der Waals surface area contributed by atoms with Crippen molar-refractivity contribution >= 4 is 27.8 Å². The van der Waals surface area contributed by atoms with Gasteiger partial charge in [0.15, 0.2) is 0 Å². The van der Waals surface area contributed by atoms with Crippen molar-refractivity contribution < 1.29 is 4.74 Å². The molecule has 2 nitrogen and oxygen atoms in total. The molecule has 0 unspecified atom stereocenters. The summed E-state index contributed by atoms with van der Waals surface area (Å²) in [5, 5.41) is 2.46. The van der Waals surface area contributed by atoms with Crippen molar-refractivity contribution in [3.63, 3.8) is 0 Å². The molecular weight excluding hydrogens is 703 g/mol. The average Bonchev–Trinajstić information content (AvgIpc) is 3.58. The third-order valence-corrected chi connectivity index (χ3v) is 14.3. The lowest BCUT2D eigenvalue weighted by Gasteiger charge is -2.49. The number of hydrogen-bond donors (Lipinski definition) is 0. The highest BCUT2D eigenvalue weighted by Gasteiger charge is 2.53. The van der Waals surface area contributed by atoms with Crippen LogP contribution in [-0.2, 0) is 16.2 Å². The largest absolute Gasteiger partial charge is 0.457 e. The van der Waals surface area contributed by atoms with Crippen LogP contribution in [0, 0.1) is 20.8 Å².